The van der Waals surface area contributed by atoms with E-state index in [1.165, 1.54) is 12.8 Å². The zero-order chi connectivity index (χ0) is 61.0. The van der Waals surface area contributed by atoms with Crippen molar-refractivity contribution in [2.45, 2.75) is 232 Å². The van der Waals surface area contributed by atoms with Gasteiger partial charge in [-0.3, -0.25) is 32.5 Å². The normalized spacial score (nSPS) is 15.2. The second kappa shape index (κ2) is 58.3. The van der Waals surface area contributed by atoms with Gasteiger partial charge in [0.1, 0.15) is 25.4 Å². The number of unbranched alkanes of at least 4 members (excludes halogenated alkanes) is 14. The van der Waals surface area contributed by atoms with Crippen LogP contribution in [0.15, 0.2) is 122 Å². The molecule has 0 spiro atoms. The average Bonchev–Trinajstić information content (AvgIpc) is 3.47. The predicted molar refractivity (Wildman–Crippen MR) is 334 cm³/mol. The first-order valence-electron chi connectivity index (χ1n) is 30.8. The Morgan fingerprint density at radius 1 is 0.349 bits per heavy atom. The fourth-order valence-corrected chi connectivity index (χ4v) is 9.04. The van der Waals surface area contributed by atoms with Crippen molar-refractivity contribution in [1.29, 1.82) is 0 Å². The van der Waals surface area contributed by atoms with Crippen molar-refractivity contribution in [1.82, 2.24) is 0 Å². The smallest absolute Gasteiger partial charge is 0.463 e. The fourth-order valence-electron chi connectivity index (χ4n) is 7.46. The van der Waals surface area contributed by atoms with Crippen molar-refractivity contribution in [2.24, 2.45) is 0 Å². The van der Waals surface area contributed by atoms with E-state index in [2.05, 4.69) is 130 Å². The molecule has 0 fully saturated rings. The third kappa shape index (κ3) is 59.5. The van der Waals surface area contributed by atoms with Gasteiger partial charge in [0.05, 0.1) is 26.4 Å². The van der Waals surface area contributed by atoms with E-state index in [4.69, 9.17) is 32.3 Å². The molecule has 0 aliphatic carbocycles. The summed E-state index contributed by atoms with van der Waals surface area (Å²) in [4.78, 5) is 58.1. The summed E-state index contributed by atoms with van der Waals surface area (Å²) in [7, 11) is -9.79. The number of aliphatic hydroxyl groups is 2. The summed E-state index contributed by atoms with van der Waals surface area (Å²) in [5.74, 6) is -1.68. The van der Waals surface area contributed by atoms with E-state index < -0.39 is 91.5 Å². The van der Waals surface area contributed by atoms with Gasteiger partial charge >= 0.3 is 33.6 Å². The lowest BCUT2D eigenvalue weighted by Gasteiger charge is -2.21. The fraction of sp³-hybridized carbons (Fsp3) is 0.646. The Morgan fingerprint density at radius 3 is 1.07 bits per heavy atom. The molecule has 16 nitrogen and oxygen atoms in total. The Labute approximate surface area is 500 Å². The van der Waals surface area contributed by atoms with Gasteiger partial charge in [-0.1, -0.05) is 200 Å². The molecule has 18 heteroatoms. The highest BCUT2D eigenvalue weighted by Crippen LogP contribution is 2.45. The number of phosphoric ester groups is 2. The maximum atomic E-state index is 12.8. The lowest BCUT2D eigenvalue weighted by molar-refractivity contribution is -0.161. The lowest BCUT2D eigenvalue weighted by atomic mass is 10.1. The number of esters is 3. The molecule has 0 saturated heterocycles. The first-order chi connectivity index (χ1) is 40.2. The molecule has 0 amide bonds. The van der Waals surface area contributed by atoms with Crippen molar-refractivity contribution in [3.63, 3.8) is 0 Å². The average molecular weight is 1210 g/mol. The molecule has 5 atom stereocenters. The molecule has 0 saturated carbocycles. The highest BCUT2D eigenvalue weighted by Gasteiger charge is 2.29. The maximum absolute atomic E-state index is 12.8. The highest BCUT2D eigenvalue weighted by molar-refractivity contribution is 7.47. The molecule has 0 aromatic carbocycles. The van der Waals surface area contributed by atoms with Gasteiger partial charge < -0.3 is 34.2 Å². The summed E-state index contributed by atoms with van der Waals surface area (Å²) in [6, 6.07) is 0. The lowest BCUT2D eigenvalue weighted by Crippen LogP contribution is -2.30. The van der Waals surface area contributed by atoms with Crippen LogP contribution in [0.25, 0.3) is 0 Å². The van der Waals surface area contributed by atoms with E-state index in [-0.39, 0.29) is 19.3 Å². The van der Waals surface area contributed by atoms with Gasteiger partial charge in [0.15, 0.2) is 6.10 Å². The minimum atomic E-state index is -4.93. The number of carbonyl (C=O) groups is 3. The van der Waals surface area contributed by atoms with Gasteiger partial charge in [-0.15, -0.1) is 0 Å². The first-order valence-corrected chi connectivity index (χ1v) is 33.8. The van der Waals surface area contributed by atoms with Gasteiger partial charge in [0.2, 0.25) is 0 Å². The molecule has 0 aliphatic rings. The zero-order valence-corrected chi connectivity index (χ0v) is 52.6. The summed E-state index contributed by atoms with van der Waals surface area (Å²) in [6.07, 6.45) is 64.2. The van der Waals surface area contributed by atoms with Crippen molar-refractivity contribution >= 4 is 33.6 Å². The molecule has 474 valence electrons. The number of carbonyl (C=O) groups excluding carboxylic acids is 3. The Kier molecular flexibility index (Phi) is 55.5. The largest absolute Gasteiger partial charge is 0.472 e. The molecule has 0 aliphatic heterocycles. The topological polar surface area (TPSA) is 231 Å². The minimum Gasteiger partial charge on any atom is -0.463 e. The van der Waals surface area contributed by atoms with Crippen molar-refractivity contribution in [2.75, 3.05) is 39.6 Å². The van der Waals surface area contributed by atoms with Crippen LogP contribution in [0.4, 0.5) is 0 Å². The van der Waals surface area contributed by atoms with Crippen LogP contribution in [0, 0.1) is 0 Å². The number of phosphoric acid groups is 2. The third-order valence-corrected chi connectivity index (χ3v) is 14.1. The zero-order valence-electron chi connectivity index (χ0n) is 50.8. The quantitative estimate of drug-likeness (QED) is 0.0146. The number of aliphatic hydroxyl groups excluding tert-OH is 2. The van der Waals surface area contributed by atoms with Crippen LogP contribution >= 0.6 is 15.6 Å². The number of ether oxygens (including phenoxy) is 3. The second-order valence-electron chi connectivity index (χ2n) is 20.1. The first kappa shape index (κ1) is 79.0. The number of rotatable bonds is 57. The molecule has 83 heavy (non-hydrogen) atoms. The maximum Gasteiger partial charge on any atom is 0.472 e. The predicted octanol–water partition coefficient (Wildman–Crippen LogP) is 16.3. The van der Waals surface area contributed by atoms with Crippen molar-refractivity contribution in [3.8, 4) is 0 Å². The second-order valence-corrected chi connectivity index (χ2v) is 23.0. The molecule has 0 bridgehead atoms. The minimum absolute atomic E-state index is 0.0782. The number of hydrogen-bond donors (Lipinski definition) is 4. The molecule has 4 N–H and O–H groups in total. The van der Waals surface area contributed by atoms with E-state index in [0.29, 0.717) is 25.7 Å². The van der Waals surface area contributed by atoms with Gasteiger partial charge in [0.25, 0.3) is 0 Å². The van der Waals surface area contributed by atoms with Gasteiger partial charge in [-0.05, 0) is 116 Å². The summed E-state index contributed by atoms with van der Waals surface area (Å²) in [5.41, 5.74) is 0. The van der Waals surface area contributed by atoms with E-state index in [1.807, 2.05) is 12.2 Å². The summed E-state index contributed by atoms with van der Waals surface area (Å²) in [6.45, 7) is 2.26. The van der Waals surface area contributed by atoms with E-state index in [9.17, 15) is 43.5 Å². The van der Waals surface area contributed by atoms with Crippen LogP contribution in [-0.2, 0) is 55.8 Å². The molecule has 0 aromatic heterocycles. The molecule has 5 unspecified atom stereocenters. The molecule has 0 heterocycles. The van der Waals surface area contributed by atoms with E-state index >= 15 is 0 Å². The monoisotopic (exact) mass is 1210 g/mol. The van der Waals surface area contributed by atoms with Crippen LogP contribution in [0.5, 0.6) is 0 Å². The Balaban J connectivity index is 4.69. The van der Waals surface area contributed by atoms with Crippen molar-refractivity contribution < 1.29 is 75.8 Å². The van der Waals surface area contributed by atoms with Gasteiger partial charge in [-0.25, -0.2) is 9.13 Å². The van der Waals surface area contributed by atoms with Gasteiger partial charge in [0, 0.05) is 19.3 Å². The summed E-state index contributed by atoms with van der Waals surface area (Å²) < 4.78 is 60.5. The molecular formula is C65H108O16P2. The molecular weight excluding hydrogens is 1100 g/mol. The SMILES string of the molecule is CC/C=C\C/C=C\C/C=C\C/C=C\C/C=C\CCCC(=O)OCC(COP(=O)(O)OCC(O)COP(=O)(O)OCC(O)COC(=O)CCCCCCCC/C=C\C/C=C\C/C=C\C/C=C\CC)OC(=O)CCCCCCC/C=C\CCCC. The van der Waals surface area contributed by atoms with Gasteiger partial charge in [-0.2, -0.15) is 0 Å². The summed E-state index contributed by atoms with van der Waals surface area (Å²) in [5, 5.41) is 20.5. The molecule has 0 rings (SSSR count). The van der Waals surface area contributed by atoms with E-state index in [1.54, 1.807) is 0 Å². The molecule has 0 radical (unpaired) electrons. The molecule has 0 aromatic rings. The Hall–Kier alpha value is -4.05. The van der Waals surface area contributed by atoms with Crippen LogP contribution in [0.1, 0.15) is 213 Å². The van der Waals surface area contributed by atoms with Crippen LogP contribution in [-0.4, -0.2) is 95.9 Å². The summed E-state index contributed by atoms with van der Waals surface area (Å²) >= 11 is 0. The van der Waals surface area contributed by atoms with Crippen LogP contribution in [0.2, 0.25) is 0 Å². The van der Waals surface area contributed by atoms with Crippen LogP contribution < -0.4 is 0 Å². The number of allylic oxidation sites excluding steroid dienone is 20. The number of hydrogen-bond acceptors (Lipinski definition) is 14. The Morgan fingerprint density at radius 2 is 0.651 bits per heavy atom. The highest BCUT2D eigenvalue weighted by atomic mass is 31.2. The standard InChI is InChI=1S/C65H108O16P2/c1-4-7-10-13-16-19-22-24-26-28-29-31-33-34-37-39-42-45-48-51-63(68)75-54-60(66)55-77-82(71,72)78-56-61(67)57-79-83(73,74)80-59-62(81-65(70)53-50-47-44-41-36-21-18-15-12-9-6-3)58-76-64(69)52-49-46-43-40-38-35-32-30-27-25-23-20-17-14-11-8-5-2/h7-8,10-11,15-20,24-27,29,31-32,35,40,43,60-62,66-67H,4-6,9,12-14,21-23,28,30,33-34,36-39,41-42,44-59H2,1-3H3,(H,71,72)(H,73,74)/b10-7-,11-8-,18-15-,19-16-,20-17-,26-24-,27-25-,31-29-,35-32-,43-40-. The van der Waals surface area contributed by atoms with E-state index in [0.717, 1.165) is 135 Å². The van der Waals surface area contributed by atoms with Crippen molar-refractivity contribution in [3.05, 3.63) is 122 Å². The Bertz CT molecular complexity index is 2000. The third-order valence-electron chi connectivity index (χ3n) is 12.2. The van der Waals surface area contributed by atoms with Crippen LogP contribution in [0.3, 0.4) is 0 Å².